The maximum Gasteiger partial charge on any atom is 0.237 e. The first kappa shape index (κ1) is 16.8. The van der Waals surface area contributed by atoms with Crippen molar-refractivity contribution >= 4 is 5.91 Å². The molecule has 0 aromatic rings. The molecule has 0 aromatic carbocycles. The average molecular weight is 295 g/mol. The molecule has 0 aromatic heterocycles. The average Bonchev–Trinajstić information content (AvgIpc) is 2.86. The molecule has 1 aliphatic carbocycles. The molecule has 1 saturated carbocycles. The van der Waals surface area contributed by atoms with E-state index in [2.05, 4.69) is 43.5 Å². The van der Waals surface area contributed by atoms with E-state index in [0.717, 1.165) is 25.3 Å². The fourth-order valence-electron chi connectivity index (χ4n) is 3.88. The number of carbonyl (C=O) groups is 1. The van der Waals surface area contributed by atoms with Gasteiger partial charge in [0, 0.05) is 18.6 Å². The molecule has 0 spiro atoms. The van der Waals surface area contributed by atoms with Crippen LogP contribution in [0.25, 0.3) is 0 Å². The molecule has 4 unspecified atom stereocenters. The van der Waals surface area contributed by atoms with Crippen molar-refractivity contribution in [2.75, 3.05) is 20.6 Å². The van der Waals surface area contributed by atoms with Gasteiger partial charge in [-0.05, 0) is 51.6 Å². The molecule has 1 heterocycles. The zero-order chi connectivity index (χ0) is 15.4. The Morgan fingerprint density at radius 2 is 2.00 bits per heavy atom. The number of hydrogen-bond donors (Lipinski definition) is 2. The second-order valence-electron chi connectivity index (χ2n) is 7.60. The summed E-state index contributed by atoms with van der Waals surface area (Å²) in [5.41, 5.74) is 0. The van der Waals surface area contributed by atoms with Crippen LogP contribution < -0.4 is 10.6 Å². The lowest BCUT2D eigenvalue weighted by atomic mass is 9.85. The molecular formula is C17H33N3O. The van der Waals surface area contributed by atoms with Gasteiger partial charge in [-0.15, -0.1) is 0 Å². The molecule has 2 N–H and O–H groups in total. The van der Waals surface area contributed by atoms with Crippen molar-refractivity contribution in [1.82, 2.24) is 15.5 Å². The smallest absolute Gasteiger partial charge is 0.237 e. The normalized spacial score (nSPS) is 30.5. The van der Waals surface area contributed by atoms with Gasteiger partial charge in [0.05, 0.1) is 6.04 Å². The van der Waals surface area contributed by atoms with Gasteiger partial charge in [-0.3, -0.25) is 4.79 Å². The van der Waals surface area contributed by atoms with Crippen molar-refractivity contribution in [1.29, 1.82) is 0 Å². The lowest BCUT2D eigenvalue weighted by Gasteiger charge is -2.27. The Bertz CT molecular complexity index is 329. The molecule has 1 amide bonds. The molecule has 2 aliphatic rings. The van der Waals surface area contributed by atoms with E-state index in [9.17, 15) is 4.79 Å². The summed E-state index contributed by atoms with van der Waals surface area (Å²) in [5.74, 6) is 1.59. The van der Waals surface area contributed by atoms with Gasteiger partial charge in [-0.2, -0.15) is 0 Å². The minimum atomic E-state index is 0.0416. The van der Waals surface area contributed by atoms with E-state index in [0.29, 0.717) is 18.0 Å². The summed E-state index contributed by atoms with van der Waals surface area (Å²) in [6.07, 6.45) is 7.37. The third kappa shape index (κ3) is 4.68. The first-order valence-corrected chi connectivity index (χ1v) is 8.67. The molecule has 0 bridgehead atoms. The number of nitrogens with zero attached hydrogens (tertiary/aromatic N) is 1. The van der Waals surface area contributed by atoms with Crippen molar-refractivity contribution in [3.63, 3.8) is 0 Å². The van der Waals surface area contributed by atoms with E-state index in [-0.39, 0.29) is 11.9 Å². The van der Waals surface area contributed by atoms with E-state index in [1.807, 2.05) is 0 Å². The van der Waals surface area contributed by atoms with Crippen molar-refractivity contribution < 1.29 is 4.79 Å². The summed E-state index contributed by atoms with van der Waals surface area (Å²) in [4.78, 5) is 14.6. The second-order valence-corrected chi connectivity index (χ2v) is 7.60. The molecule has 122 valence electrons. The predicted molar refractivity (Wildman–Crippen MR) is 87.2 cm³/mol. The second kappa shape index (κ2) is 7.59. The van der Waals surface area contributed by atoms with E-state index in [1.54, 1.807) is 0 Å². The van der Waals surface area contributed by atoms with Gasteiger partial charge in [-0.25, -0.2) is 0 Å². The lowest BCUT2D eigenvalue weighted by Crippen LogP contribution is -2.47. The van der Waals surface area contributed by atoms with E-state index in [4.69, 9.17) is 0 Å². The van der Waals surface area contributed by atoms with Gasteiger partial charge in [-0.1, -0.05) is 26.7 Å². The zero-order valence-electron chi connectivity index (χ0n) is 14.2. The molecule has 0 radical (unpaired) electrons. The Morgan fingerprint density at radius 3 is 2.62 bits per heavy atom. The maximum atomic E-state index is 12.4. The molecule has 4 atom stereocenters. The van der Waals surface area contributed by atoms with Crippen molar-refractivity contribution in [2.45, 2.75) is 70.5 Å². The number of likely N-dealkylation sites (N-methyl/N-ethyl adjacent to an activating group) is 1. The van der Waals surface area contributed by atoms with Crippen LogP contribution in [0.4, 0.5) is 0 Å². The minimum Gasteiger partial charge on any atom is -0.353 e. The van der Waals surface area contributed by atoms with Crippen molar-refractivity contribution in [3.8, 4) is 0 Å². The minimum absolute atomic E-state index is 0.0416. The first-order chi connectivity index (χ1) is 9.97. The Labute approximate surface area is 130 Å². The zero-order valence-corrected chi connectivity index (χ0v) is 14.2. The summed E-state index contributed by atoms with van der Waals surface area (Å²) < 4.78 is 0. The van der Waals surface area contributed by atoms with Gasteiger partial charge in [0.1, 0.15) is 0 Å². The van der Waals surface area contributed by atoms with Crippen LogP contribution in [0.15, 0.2) is 0 Å². The van der Waals surface area contributed by atoms with E-state index >= 15 is 0 Å². The maximum absolute atomic E-state index is 12.4. The van der Waals surface area contributed by atoms with Crippen LogP contribution in [0.3, 0.4) is 0 Å². The Hall–Kier alpha value is -0.610. The number of carbonyl (C=O) groups excluding carboxylic acids is 1. The van der Waals surface area contributed by atoms with Crippen LogP contribution in [-0.2, 0) is 4.79 Å². The summed E-state index contributed by atoms with van der Waals surface area (Å²) in [6.45, 7) is 5.24. The molecular weight excluding hydrogens is 262 g/mol. The number of nitrogens with one attached hydrogen (secondary N) is 2. The summed E-state index contributed by atoms with van der Waals surface area (Å²) in [7, 11) is 4.20. The van der Waals surface area contributed by atoms with Gasteiger partial charge >= 0.3 is 0 Å². The summed E-state index contributed by atoms with van der Waals surface area (Å²) >= 11 is 0. The number of hydrogen-bond acceptors (Lipinski definition) is 3. The quantitative estimate of drug-likeness (QED) is 0.788. The molecule has 2 rings (SSSR count). The molecule has 21 heavy (non-hydrogen) atoms. The summed E-state index contributed by atoms with van der Waals surface area (Å²) in [6, 6.07) is 1.06. The van der Waals surface area contributed by atoms with Crippen LogP contribution in [0.5, 0.6) is 0 Å². The largest absolute Gasteiger partial charge is 0.353 e. The van der Waals surface area contributed by atoms with Gasteiger partial charge in [0.25, 0.3) is 0 Å². The highest BCUT2D eigenvalue weighted by Gasteiger charge is 2.38. The standard InChI is InChI=1S/C17H33N3O/c1-12(2)9-14(20(3)4)11-18-17(21)16-10-13-7-5-6-8-15(13)19-16/h12-16,19H,5-11H2,1-4H3,(H,18,21). The number of fused-ring (bicyclic) bond motifs is 1. The first-order valence-electron chi connectivity index (χ1n) is 8.67. The van der Waals surface area contributed by atoms with Crippen LogP contribution in [0.1, 0.15) is 52.4 Å². The Balaban J connectivity index is 1.78. The van der Waals surface area contributed by atoms with Crippen molar-refractivity contribution in [2.24, 2.45) is 11.8 Å². The fourth-order valence-corrected chi connectivity index (χ4v) is 3.88. The topological polar surface area (TPSA) is 44.4 Å². The van der Waals surface area contributed by atoms with Gasteiger partial charge in [0.2, 0.25) is 5.91 Å². The van der Waals surface area contributed by atoms with Gasteiger partial charge in [0.15, 0.2) is 0 Å². The SMILES string of the molecule is CC(C)CC(CNC(=O)C1CC2CCCCC2N1)N(C)C. The number of rotatable bonds is 6. The number of amides is 1. The monoisotopic (exact) mass is 295 g/mol. The van der Waals surface area contributed by atoms with E-state index < -0.39 is 0 Å². The molecule has 1 saturated heterocycles. The Morgan fingerprint density at radius 1 is 1.29 bits per heavy atom. The van der Waals surface area contributed by atoms with Crippen molar-refractivity contribution in [3.05, 3.63) is 0 Å². The molecule has 2 fully saturated rings. The Kier molecular flexibility index (Phi) is 6.06. The molecule has 4 nitrogen and oxygen atoms in total. The molecule has 1 aliphatic heterocycles. The predicted octanol–water partition coefficient (Wildman–Crippen LogP) is 2.00. The van der Waals surface area contributed by atoms with Crippen LogP contribution in [0, 0.1) is 11.8 Å². The van der Waals surface area contributed by atoms with Crippen LogP contribution >= 0.6 is 0 Å². The highest BCUT2D eigenvalue weighted by Crippen LogP contribution is 2.33. The van der Waals surface area contributed by atoms with Crippen LogP contribution in [0.2, 0.25) is 0 Å². The van der Waals surface area contributed by atoms with Crippen LogP contribution in [-0.4, -0.2) is 49.6 Å². The fraction of sp³-hybridized carbons (Fsp3) is 0.941. The lowest BCUT2D eigenvalue weighted by molar-refractivity contribution is -0.123. The molecule has 4 heteroatoms. The highest BCUT2D eigenvalue weighted by molar-refractivity contribution is 5.82. The van der Waals surface area contributed by atoms with E-state index in [1.165, 1.54) is 25.7 Å². The third-order valence-corrected chi connectivity index (χ3v) is 5.16. The summed E-state index contributed by atoms with van der Waals surface area (Å²) in [5, 5.41) is 6.74. The third-order valence-electron chi connectivity index (χ3n) is 5.16. The van der Waals surface area contributed by atoms with Gasteiger partial charge < -0.3 is 15.5 Å². The highest BCUT2D eigenvalue weighted by atomic mass is 16.2.